The van der Waals surface area contributed by atoms with Gasteiger partial charge in [0, 0.05) is 11.5 Å². The molecule has 19 heavy (non-hydrogen) atoms. The summed E-state index contributed by atoms with van der Waals surface area (Å²) in [5.74, 6) is 0.996. The quantitative estimate of drug-likeness (QED) is 0.832. The molecule has 1 heterocycles. The third-order valence-electron chi connectivity index (χ3n) is 4.52. The van der Waals surface area contributed by atoms with Gasteiger partial charge in [-0.2, -0.15) is 0 Å². The van der Waals surface area contributed by atoms with Crippen LogP contribution in [0.4, 0.5) is 0 Å². The average Bonchev–Trinajstić information content (AvgIpc) is 2.42. The molecule has 0 aromatic rings. The predicted octanol–water partition coefficient (Wildman–Crippen LogP) is 3.32. The van der Waals surface area contributed by atoms with E-state index in [1.165, 1.54) is 0 Å². The first-order chi connectivity index (χ1) is 8.84. The van der Waals surface area contributed by atoms with Crippen LogP contribution in [0.2, 0.25) is 0 Å². The molecule has 1 aliphatic rings. The normalized spacial score (nSPS) is 28.9. The number of ketones is 1. The van der Waals surface area contributed by atoms with E-state index in [0.717, 1.165) is 6.42 Å². The number of hydrogen-bond donors (Lipinski definition) is 1. The third kappa shape index (κ3) is 3.19. The Hall–Kier alpha value is -0.830. The molecular weight excluding hydrogens is 240 g/mol. The topological polar surface area (TPSA) is 46.5 Å². The molecule has 1 N–H and O–H groups in total. The number of carbonyl (C=O) groups is 1. The van der Waals surface area contributed by atoms with Crippen molar-refractivity contribution in [3.05, 3.63) is 11.3 Å². The number of carbonyl (C=O) groups excluding carboxylic acids is 1. The highest BCUT2D eigenvalue weighted by Crippen LogP contribution is 2.35. The van der Waals surface area contributed by atoms with Crippen LogP contribution in [0.15, 0.2) is 11.3 Å². The van der Waals surface area contributed by atoms with E-state index in [-0.39, 0.29) is 23.7 Å². The first-order valence-corrected chi connectivity index (χ1v) is 7.44. The fourth-order valence-corrected chi connectivity index (χ4v) is 2.77. The van der Waals surface area contributed by atoms with Crippen molar-refractivity contribution in [3.63, 3.8) is 0 Å². The number of aliphatic hydroxyl groups excluding tert-OH is 1. The van der Waals surface area contributed by atoms with Gasteiger partial charge in [-0.1, -0.05) is 41.0 Å². The van der Waals surface area contributed by atoms with Gasteiger partial charge in [0.15, 0.2) is 5.78 Å². The second-order valence-electron chi connectivity index (χ2n) is 5.87. The second-order valence-corrected chi connectivity index (χ2v) is 5.87. The van der Waals surface area contributed by atoms with Gasteiger partial charge in [0.05, 0.1) is 12.0 Å². The third-order valence-corrected chi connectivity index (χ3v) is 4.52. The fourth-order valence-electron chi connectivity index (χ4n) is 2.77. The lowest BCUT2D eigenvalue weighted by Crippen LogP contribution is -2.40. The van der Waals surface area contributed by atoms with E-state index in [9.17, 15) is 9.90 Å². The highest BCUT2D eigenvalue weighted by Gasteiger charge is 2.38. The zero-order valence-electron chi connectivity index (χ0n) is 13.1. The van der Waals surface area contributed by atoms with E-state index in [2.05, 4.69) is 13.8 Å². The van der Waals surface area contributed by atoms with Gasteiger partial charge in [-0.05, 0) is 19.3 Å². The Kier molecular flexibility index (Phi) is 5.60. The number of Topliss-reactive ketones (excluding diaryl/α,β-unsaturated/α-hetero) is 1. The summed E-state index contributed by atoms with van der Waals surface area (Å²) in [4.78, 5) is 12.4. The van der Waals surface area contributed by atoms with Gasteiger partial charge in [0.2, 0.25) is 0 Å². The van der Waals surface area contributed by atoms with E-state index >= 15 is 0 Å². The predicted molar refractivity (Wildman–Crippen MR) is 76.7 cm³/mol. The van der Waals surface area contributed by atoms with Crippen molar-refractivity contribution < 1.29 is 14.6 Å². The Bertz CT molecular complexity index is 359. The molecule has 0 aliphatic carbocycles. The Labute approximate surface area is 117 Å². The lowest BCUT2D eigenvalue weighted by atomic mass is 9.82. The van der Waals surface area contributed by atoms with Gasteiger partial charge in [0.25, 0.3) is 0 Å². The van der Waals surface area contributed by atoms with E-state index in [1.807, 2.05) is 27.7 Å². The van der Waals surface area contributed by atoms with Crippen molar-refractivity contribution in [3.8, 4) is 0 Å². The van der Waals surface area contributed by atoms with Crippen molar-refractivity contribution in [2.24, 2.45) is 17.8 Å². The minimum Gasteiger partial charge on any atom is -0.493 e. The van der Waals surface area contributed by atoms with Crippen molar-refractivity contribution >= 4 is 5.78 Å². The fraction of sp³-hybridized carbons (Fsp3) is 0.812. The zero-order chi connectivity index (χ0) is 14.7. The molecule has 0 unspecified atom stereocenters. The van der Waals surface area contributed by atoms with Crippen LogP contribution in [0.25, 0.3) is 0 Å². The first kappa shape index (κ1) is 16.2. The van der Waals surface area contributed by atoms with E-state index in [1.54, 1.807) is 0 Å². The number of allylic oxidation sites excluding steroid dienone is 1. The summed E-state index contributed by atoms with van der Waals surface area (Å²) < 4.78 is 6.12. The maximum Gasteiger partial charge on any atom is 0.168 e. The number of hydrogen-bond acceptors (Lipinski definition) is 3. The summed E-state index contributed by atoms with van der Waals surface area (Å²) in [6.45, 7) is 11.9. The van der Waals surface area contributed by atoms with Crippen LogP contribution in [0.1, 0.15) is 54.4 Å². The lowest BCUT2D eigenvalue weighted by Gasteiger charge is -2.37. The average molecular weight is 268 g/mol. The van der Waals surface area contributed by atoms with Crippen molar-refractivity contribution in [1.29, 1.82) is 0 Å². The van der Waals surface area contributed by atoms with Gasteiger partial charge in [0.1, 0.15) is 11.9 Å². The number of ether oxygens (including phenoxy) is 1. The minimum absolute atomic E-state index is 0.0669. The Morgan fingerprint density at radius 1 is 1.26 bits per heavy atom. The number of rotatable bonds is 5. The molecule has 0 saturated heterocycles. The van der Waals surface area contributed by atoms with Gasteiger partial charge in [-0.3, -0.25) is 4.79 Å². The van der Waals surface area contributed by atoms with Crippen LogP contribution in [0, 0.1) is 17.8 Å². The lowest BCUT2D eigenvalue weighted by molar-refractivity contribution is -0.128. The van der Waals surface area contributed by atoms with E-state index in [4.69, 9.17) is 4.74 Å². The highest BCUT2D eigenvalue weighted by atomic mass is 16.5. The maximum absolute atomic E-state index is 12.4. The van der Waals surface area contributed by atoms with Crippen LogP contribution < -0.4 is 0 Å². The molecular formula is C16H28O3. The van der Waals surface area contributed by atoms with Crippen molar-refractivity contribution in [1.82, 2.24) is 0 Å². The molecule has 0 saturated carbocycles. The van der Waals surface area contributed by atoms with Crippen LogP contribution >= 0.6 is 0 Å². The first-order valence-electron chi connectivity index (χ1n) is 7.44. The maximum atomic E-state index is 12.4. The van der Waals surface area contributed by atoms with Crippen LogP contribution in [-0.4, -0.2) is 23.1 Å². The summed E-state index contributed by atoms with van der Waals surface area (Å²) in [6.07, 6.45) is 1.13. The standard InChI is InChI=1S/C16H28O3/c1-7-9(3)15-11(5)14(18)12(6)16(19-15)10(4)13(17)8-2/h9-11,13,15,17H,7-8H2,1-6H3/t9-,10+,11+,13-,15-/m0/s1. The monoisotopic (exact) mass is 268 g/mol. The van der Waals surface area contributed by atoms with Crippen molar-refractivity contribution in [2.75, 3.05) is 0 Å². The van der Waals surface area contributed by atoms with Gasteiger partial charge in [-0.25, -0.2) is 0 Å². The Morgan fingerprint density at radius 3 is 2.32 bits per heavy atom. The van der Waals surface area contributed by atoms with Crippen LogP contribution in [0.5, 0.6) is 0 Å². The molecule has 110 valence electrons. The van der Waals surface area contributed by atoms with E-state index < -0.39 is 6.10 Å². The summed E-state index contributed by atoms with van der Waals surface area (Å²) in [6, 6.07) is 0. The van der Waals surface area contributed by atoms with Crippen LogP contribution in [-0.2, 0) is 9.53 Å². The van der Waals surface area contributed by atoms with Gasteiger partial charge < -0.3 is 9.84 Å². The minimum atomic E-state index is -0.455. The molecule has 0 aromatic carbocycles. The molecule has 0 fully saturated rings. The SMILES string of the molecule is CC[C@H](C)[C@@H]1OC([C@H](C)[C@@H](O)CC)=C(C)C(=O)[C@H]1C. The molecule has 0 spiro atoms. The molecule has 0 radical (unpaired) electrons. The summed E-state index contributed by atoms with van der Waals surface area (Å²) in [5.41, 5.74) is 0.687. The zero-order valence-corrected chi connectivity index (χ0v) is 13.1. The number of aliphatic hydroxyl groups is 1. The summed E-state index contributed by atoms with van der Waals surface area (Å²) in [7, 11) is 0. The Balaban J connectivity index is 3.06. The molecule has 3 heteroatoms. The molecule has 1 rings (SSSR count). The highest BCUT2D eigenvalue weighted by molar-refractivity contribution is 5.98. The molecule has 5 atom stereocenters. The Morgan fingerprint density at radius 2 is 1.84 bits per heavy atom. The molecule has 0 bridgehead atoms. The molecule has 3 nitrogen and oxygen atoms in total. The van der Waals surface area contributed by atoms with Gasteiger partial charge >= 0.3 is 0 Å². The van der Waals surface area contributed by atoms with Crippen molar-refractivity contribution in [2.45, 2.75) is 66.6 Å². The second kappa shape index (κ2) is 6.56. The molecule has 1 aliphatic heterocycles. The molecule has 0 amide bonds. The van der Waals surface area contributed by atoms with Crippen LogP contribution in [0.3, 0.4) is 0 Å². The van der Waals surface area contributed by atoms with Gasteiger partial charge in [-0.15, -0.1) is 0 Å². The van der Waals surface area contributed by atoms with E-state index in [0.29, 0.717) is 23.7 Å². The summed E-state index contributed by atoms with van der Waals surface area (Å²) in [5, 5.41) is 10.0. The smallest absolute Gasteiger partial charge is 0.168 e. The molecule has 0 aromatic heterocycles. The largest absolute Gasteiger partial charge is 0.493 e. The summed E-state index contributed by atoms with van der Waals surface area (Å²) >= 11 is 0.